The maximum Gasteiger partial charge on any atom is 0.407 e. The molecule has 1 aliphatic rings. The topological polar surface area (TPSA) is 178 Å². The number of carbonyl (C=O) groups excluding carboxylic acids is 5. The number of benzene rings is 1. The lowest BCUT2D eigenvalue weighted by molar-refractivity contribution is -0.146. The van der Waals surface area contributed by atoms with E-state index >= 15 is 0 Å². The van der Waals surface area contributed by atoms with Crippen molar-refractivity contribution in [3.63, 3.8) is 0 Å². The van der Waals surface area contributed by atoms with Gasteiger partial charge in [0.05, 0.1) is 20.3 Å². The molecule has 4 amide bonds. The second-order valence-corrected chi connectivity index (χ2v) is 12.0. The Morgan fingerprint density at radius 3 is 2.43 bits per heavy atom. The number of rotatable bonds is 9. The van der Waals surface area contributed by atoms with Gasteiger partial charge in [0.2, 0.25) is 17.7 Å². The Hall–Kier alpha value is -3.87. The van der Waals surface area contributed by atoms with Gasteiger partial charge < -0.3 is 40.8 Å². The quantitative estimate of drug-likeness (QED) is 0.238. The van der Waals surface area contributed by atoms with Crippen LogP contribution >= 0.6 is 0 Å². The molecule has 0 fully saturated rings. The van der Waals surface area contributed by atoms with Crippen LogP contribution in [0.25, 0.3) is 0 Å². The molecule has 4 atom stereocenters. The highest BCUT2D eigenvalue weighted by atomic mass is 16.6. The Kier molecular flexibility index (Phi) is 13.9. The minimum atomic E-state index is -1.10. The van der Waals surface area contributed by atoms with E-state index in [1.54, 1.807) is 40.0 Å². The zero-order valence-electron chi connectivity index (χ0n) is 27.0. The zero-order valence-corrected chi connectivity index (χ0v) is 27.0. The van der Waals surface area contributed by atoms with Gasteiger partial charge in [0.1, 0.15) is 29.5 Å². The Labute approximate surface area is 259 Å². The molecule has 13 nitrogen and oxygen atoms in total. The Morgan fingerprint density at radius 2 is 1.80 bits per heavy atom. The number of ether oxygens (including phenoxy) is 3. The van der Waals surface area contributed by atoms with Gasteiger partial charge in [-0.3, -0.25) is 14.4 Å². The van der Waals surface area contributed by atoms with Crippen LogP contribution in [-0.2, 0) is 35.1 Å². The third-order valence-electron chi connectivity index (χ3n) is 7.27. The Bertz CT molecular complexity index is 1170. The Morgan fingerprint density at radius 1 is 1.09 bits per heavy atom. The van der Waals surface area contributed by atoms with Crippen molar-refractivity contribution in [3.8, 4) is 5.75 Å². The fraction of sp³-hybridized carbons (Fsp3) is 0.645. The van der Waals surface area contributed by atoms with Gasteiger partial charge in [-0.25, -0.2) is 9.59 Å². The van der Waals surface area contributed by atoms with Crippen LogP contribution in [0.15, 0.2) is 18.2 Å². The van der Waals surface area contributed by atoms with Crippen LogP contribution in [0.4, 0.5) is 4.79 Å². The van der Waals surface area contributed by atoms with Crippen LogP contribution in [0.3, 0.4) is 0 Å². The summed E-state index contributed by atoms with van der Waals surface area (Å²) >= 11 is 0. The van der Waals surface area contributed by atoms with Gasteiger partial charge in [-0.2, -0.15) is 0 Å². The number of likely N-dealkylation sites (N-methyl/N-ethyl adjacent to an activating group) is 1. The molecular weight excluding hydrogens is 570 g/mol. The Balaban J connectivity index is 2.23. The number of fused-ring (bicyclic) bond motifs is 2. The van der Waals surface area contributed by atoms with Crippen LogP contribution < -0.4 is 26.4 Å². The molecule has 13 heteroatoms. The number of hydrogen-bond acceptors (Lipinski definition) is 9. The van der Waals surface area contributed by atoms with E-state index in [2.05, 4.69) is 16.0 Å². The van der Waals surface area contributed by atoms with Crippen molar-refractivity contribution in [2.45, 2.75) is 102 Å². The van der Waals surface area contributed by atoms with Crippen molar-refractivity contribution in [3.05, 3.63) is 29.3 Å². The molecule has 246 valence electrons. The third-order valence-corrected chi connectivity index (χ3v) is 7.27. The van der Waals surface area contributed by atoms with E-state index in [-0.39, 0.29) is 0 Å². The molecule has 0 aromatic heterocycles. The normalized spacial score (nSPS) is 20.2. The molecule has 0 radical (unpaired) electrons. The number of nitrogens with two attached hydrogens (primary N) is 1. The molecule has 0 saturated heterocycles. The predicted molar refractivity (Wildman–Crippen MR) is 164 cm³/mol. The summed E-state index contributed by atoms with van der Waals surface area (Å²) in [7, 11) is 4.31. The summed E-state index contributed by atoms with van der Waals surface area (Å²) in [6.45, 7) is 7.20. The van der Waals surface area contributed by atoms with Crippen molar-refractivity contribution in [1.82, 2.24) is 20.9 Å². The maximum absolute atomic E-state index is 13.7. The molecule has 0 unspecified atom stereocenters. The SMILES string of the molecule is COC(=O)[C@@H]1CCCCc2cc(ccc2OC)[C@H](N(C)C(=O)[C@@H](N)CCCCNC(=O)OC(C)(C)C)C(=O)N[C@@H](C)C(=O)N1. The average molecular weight is 620 g/mol. The molecule has 1 aromatic rings. The number of nitrogens with one attached hydrogen (secondary N) is 3. The minimum absolute atomic E-state index is 0.328. The third kappa shape index (κ3) is 11.0. The molecule has 2 bridgehead atoms. The first-order valence-electron chi connectivity index (χ1n) is 15.0. The van der Waals surface area contributed by atoms with Crippen molar-refractivity contribution in [1.29, 1.82) is 0 Å². The smallest absolute Gasteiger partial charge is 0.407 e. The van der Waals surface area contributed by atoms with Crippen LogP contribution in [0, 0.1) is 0 Å². The number of methoxy groups -OCH3 is 2. The molecule has 5 N–H and O–H groups in total. The van der Waals surface area contributed by atoms with Gasteiger partial charge in [-0.05, 0) is 89.5 Å². The van der Waals surface area contributed by atoms with Gasteiger partial charge in [-0.15, -0.1) is 0 Å². The molecule has 1 aromatic carbocycles. The fourth-order valence-corrected chi connectivity index (χ4v) is 4.93. The highest BCUT2D eigenvalue weighted by molar-refractivity contribution is 5.94. The molecule has 0 spiro atoms. The first-order chi connectivity index (χ1) is 20.7. The highest BCUT2D eigenvalue weighted by Gasteiger charge is 2.34. The molecule has 0 saturated carbocycles. The van der Waals surface area contributed by atoms with Gasteiger partial charge >= 0.3 is 12.1 Å². The summed E-state index contributed by atoms with van der Waals surface area (Å²) in [6.07, 6.45) is 3.20. The van der Waals surface area contributed by atoms with Crippen molar-refractivity contribution in [2.24, 2.45) is 5.73 Å². The second-order valence-electron chi connectivity index (χ2n) is 12.0. The minimum Gasteiger partial charge on any atom is -0.496 e. The van der Waals surface area contributed by atoms with E-state index in [4.69, 9.17) is 19.9 Å². The second kappa shape index (κ2) is 16.8. The molecule has 1 aliphatic heterocycles. The molecule has 44 heavy (non-hydrogen) atoms. The van der Waals surface area contributed by atoms with Gasteiger partial charge in [0.25, 0.3) is 0 Å². The van der Waals surface area contributed by atoms with Crippen LogP contribution in [-0.4, -0.2) is 86.2 Å². The first kappa shape index (κ1) is 36.3. The number of alkyl carbamates (subject to hydrolysis) is 1. The van der Waals surface area contributed by atoms with Crippen LogP contribution in [0.5, 0.6) is 5.75 Å². The van der Waals surface area contributed by atoms with Crippen molar-refractivity contribution >= 4 is 29.8 Å². The zero-order chi connectivity index (χ0) is 33.0. The standard InChI is InChI=1S/C31H49N5O8/c1-19-26(37)35-23(29(40)43-7)14-9-8-12-20-18-21(15-16-24(20)42-6)25(27(38)34-19)36(5)28(39)22(32)13-10-11-17-33-30(41)44-31(2,3)4/h15-16,18-19,22-23,25H,8-14,17,32H2,1-7H3,(H,33,41)(H,34,38)(H,35,37)/t19-,22-,23-,25-/m0/s1. The summed E-state index contributed by atoms with van der Waals surface area (Å²) in [5.41, 5.74) is 7.06. The predicted octanol–water partition coefficient (Wildman–Crippen LogP) is 2.11. The average Bonchev–Trinajstić information content (AvgIpc) is 2.96. The largest absolute Gasteiger partial charge is 0.496 e. The lowest BCUT2D eigenvalue weighted by Crippen LogP contribution is -2.54. The number of hydrogen-bond donors (Lipinski definition) is 4. The molecule has 1 heterocycles. The van der Waals surface area contributed by atoms with Gasteiger partial charge in [-0.1, -0.05) is 12.5 Å². The maximum atomic E-state index is 13.7. The molecule has 2 rings (SSSR count). The number of amides is 4. The van der Waals surface area contributed by atoms with Crippen molar-refractivity contribution < 1.29 is 38.2 Å². The van der Waals surface area contributed by atoms with E-state index in [0.717, 1.165) is 5.56 Å². The van der Waals surface area contributed by atoms with E-state index in [0.29, 0.717) is 62.8 Å². The van der Waals surface area contributed by atoms with E-state index in [1.807, 2.05) is 6.07 Å². The monoisotopic (exact) mass is 619 g/mol. The highest BCUT2D eigenvalue weighted by Crippen LogP contribution is 2.29. The lowest BCUT2D eigenvalue weighted by atomic mass is 9.96. The fourth-order valence-electron chi connectivity index (χ4n) is 4.93. The summed E-state index contributed by atoms with van der Waals surface area (Å²) in [4.78, 5) is 65.6. The molecule has 0 aliphatic carbocycles. The summed E-state index contributed by atoms with van der Waals surface area (Å²) < 4.78 is 15.6. The van der Waals surface area contributed by atoms with Crippen LogP contribution in [0.2, 0.25) is 0 Å². The van der Waals surface area contributed by atoms with Crippen molar-refractivity contribution in [2.75, 3.05) is 27.8 Å². The number of nitrogens with zero attached hydrogens (tertiary/aromatic N) is 1. The number of esters is 1. The summed E-state index contributed by atoms with van der Waals surface area (Å²) in [5.74, 6) is -1.52. The number of unbranched alkanes of at least 4 members (excludes halogenated alkanes) is 1. The van der Waals surface area contributed by atoms with Gasteiger partial charge in [0.15, 0.2) is 0 Å². The van der Waals surface area contributed by atoms with E-state index in [1.165, 1.54) is 26.0 Å². The summed E-state index contributed by atoms with van der Waals surface area (Å²) in [6, 6.07) is 1.43. The summed E-state index contributed by atoms with van der Waals surface area (Å²) in [5, 5.41) is 8.04. The lowest BCUT2D eigenvalue weighted by Gasteiger charge is -2.31. The van der Waals surface area contributed by atoms with Crippen LogP contribution in [0.1, 0.15) is 83.4 Å². The van der Waals surface area contributed by atoms with Gasteiger partial charge in [0, 0.05) is 13.6 Å². The molecular formula is C31H49N5O8. The van der Waals surface area contributed by atoms with E-state index in [9.17, 15) is 24.0 Å². The first-order valence-corrected chi connectivity index (χ1v) is 15.0. The number of carbonyl (C=O) groups is 5. The van der Waals surface area contributed by atoms with E-state index < -0.39 is 59.6 Å². The number of aryl methyl sites for hydroxylation is 1.